The monoisotopic (exact) mass is 199 g/mol. The lowest BCUT2D eigenvalue weighted by molar-refractivity contribution is 0.132. The van der Waals surface area contributed by atoms with E-state index in [0.29, 0.717) is 6.54 Å². The van der Waals surface area contributed by atoms with Crippen LogP contribution in [0.4, 0.5) is 20.2 Å². The van der Waals surface area contributed by atoms with E-state index in [1.807, 2.05) is 6.07 Å². The van der Waals surface area contributed by atoms with Crippen molar-refractivity contribution in [1.29, 1.82) is 0 Å². The van der Waals surface area contributed by atoms with Gasteiger partial charge < -0.3 is 10.6 Å². The van der Waals surface area contributed by atoms with Gasteiger partial charge in [0.2, 0.25) is 6.43 Å². The predicted molar refractivity (Wildman–Crippen MR) is 50.8 cm³/mol. The molecule has 2 rings (SSSR count). The maximum Gasteiger partial charge on any atom is 0.240 e. The molecule has 5 heteroatoms. The summed E-state index contributed by atoms with van der Waals surface area (Å²) in [6, 6.07) is 1.60. The molecule has 0 aliphatic carbocycles. The topological polar surface area (TPSA) is 37.0 Å². The number of pyridine rings is 1. The molecule has 0 saturated heterocycles. The first-order chi connectivity index (χ1) is 6.75. The van der Waals surface area contributed by atoms with E-state index >= 15 is 0 Å². The zero-order valence-corrected chi connectivity index (χ0v) is 7.50. The van der Waals surface area contributed by atoms with Gasteiger partial charge >= 0.3 is 0 Å². The van der Waals surface area contributed by atoms with Gasteiger partial charge in [-0.2, -0.15) is 0 Å². The van der Waals surface area contributed by atoms with Crippen LogP contribution in [-0.2, 0) is 0 Å². The van der Waals surface area contributed by atoms with Crippen LogP contribution in [0.2, 0.25) is 0 Å². The highest BCUT2D eigenvalue weighted by molar-refractivity contribution is 5.69. The fourth-order valence-corrected chi connectivity index (χ4v) is 1.53. The molecule has 0 aromatic carbocycles. The number of hydrogen-bond acceptors (Lipinski definition) is 3. The fraction of sp³-hybridized carbons (Fsp3) is 0.444. The molecule has 14 heavy (non-hydrogen) atoms. The highest BCUT2D eigenvalue weighted by Gasteiger charge is 2.20. The van der Waals surface area contributed by atoms with Gasteiger partial charge in [0, 0.05) is 25.2 Å². The summed E-state index contributed by atoms with van der Waals surface area (Å²) in [6.07, 6.45) is 0.898. The molecule has 0 radical (unpaired) electrons. The van der Waals surface area contributed by atoms with E-state index in [0.717, 1.165) is 11.4 Å². The van der Waals surface area contributed by atoms with Gasteiger partial charge in [0.15, 0.2) is 0 Å². The SMILES string of the molecule is FC(F)CC1CNc2ccncc2N1. The van der Waals surface area contributed by atoms with E-state index in [2.05, 4.69) is 15.6 Å². The molecule has 0 fully saturated rings. The number of nitrogens with one attached hydrogen (secondary N) is 2. The van der Waals surface area contributed by atoms with E-state index in [9.17, 15) is 8.78 Å². The first-order valence-electron chi connectivity index (χ1n) is 4.48. The quantitative estimate of drug-likeness (QED) is 0.764. The molecule has 1 aromatic rings. The summed E-state index contributed by atoms with van der Waals surface area (Å²) in [5.74, 6) is 0. The van der Waals surface area contributed by atoms with Crippen LogP contribution in [0, 0.1) is 0 Å². The molecule has 3 nitrogen and oxygen atoms in total. The first-order valence-corrected chi connectivity index (χ1v) is 4.48. The summed E-state index contributed by atoms with van der Waals surface area (Å²) >= 11 is 0. The molecule has 0 bridgehead atoms. The van der Waals surface area contributed by atoms with Crippen molar-refractivity contribution in [3.05, 3.63) is 18.5 Å². The molecule has 0 amide bonds. The van der Waals surface area contributed by atoms with E-state index < -0.39 is 6.43 Å². The second-order valence-electron chi connectivity index (χ2n) is 3.27. The summed E-state index contributed by atoms with van der Waals surface area (Å²) in [6.45, 7) is 0.529. The largest absolute Gasteiger partial charge is 0.381 e. The summed E-state index contributed by atoms with van der Waals surface area (Å²) < 4.78 is 24.2. The molecule has 0 saturated carbocycles. The van der Waals surface area contributed by atoms with Crippen molar-refractivity contribution < 1.29 is 8.78 Å². The Bertz CT molecular complexity index is 317. The number of anilines is 2. The molecule has 1 aromatic heterocycles. The Balaban J connectivity index is 2.06. The van der Waals surface area contributed by atoms with Crippen LogP contribution < -0.4 is 10.6 Å². The van der Waals surface area contributed by atoms with Crippen LogP contribution in [0.3, 0.4) is 0 Å². The van der Waals surface area contributed by atoms with E-state index in [4.69, 9.17) is 0 Å². The van der Waals surface area contributed by atoms with Crippen LogP contribution in [0.15, 0.2) is 18.5 Å². The molecular formula is C9H11F2N3. The highest BCUT2D eigenvalue weighted by atomic mass is 19.3. The molecule has 1 aliphatic heterocycles. The normalized spacial score (nSPS) is 19.8. The smallest absolute Gasteiger partial charge is 0.240 e. The molecular weight excluding hydrogens is 188 g/mol. The van der Waals surface area contributed by atoms with Crippen molar-refractivity contribution in [2.75, 3.05) is 17.2 Å². The van der Waals surface area contributed by atoms with Gasteiger partial charge in [-0.1, -0.05) is 0 Å². The third-order valence-electron chi connectivity index (χ3n) is 2.18. The number of fused-ring (bicyclic) bond motifs is 1. The first kappa shape index (κ1) is 9.18. The lowest BCUT2D eigenvalue weighted by Gasteiger charge is -2.27. The average molecular weight is 199 g/mol. The zero-order valence-electron chi connectivity index (χ0n) is 7.50. The number of rotatable bonds is 2. The average Bonchev–Trinajstić information content (AvgIpc) is 2.17. The van der Waals surface area contributed by atoms with Gasteiger partial charge in [0.25, 0.3) is 0 Å². The molecule has 1 aliphatic rings. The number of halogens is 2. The number of hydrogen-bond donors (Lipinski definition) is 2. The van der Waals surface area contributed by atoms with Crippen LogP contribution in [0.25, 0.3) is 0 Å². The fourth-order valence-electron chi connectivity index (χ4n) is 1.53. The van der Waals surface area contributed by atoms with Crippen molar-refractivity contribution in [1.82, 2.24) is 4.98 Å². The summed E-state index contributed by atoms with van der Waals surface area (Å²) in [4.78, 5) is 3.92. The highest BCUT2D eigenvalue weighted by Crippen LogP contribution is 2.25. The Kier molecular flexibility index (Phi) is 2.47. The maximum atomic E-state index is 12.1. The number of aromatic nitrogens is 1. The maximum absolute atomic E-state index is 12.1. The van der Waals surface area contributed by atoms with Crippen molar-refractivity contribution in [2.24, 2.45) is 0 Å². The third-order valence-corrected chi connectivity index (χ3v) is 2.18. The van der Waals surface area contributed by atoms with Crippen molar-refractivity contribution >= 4 is 11.4 Å². The van der Waals surface area contributed by atoms with Gasteiger partial charge in [-0.05, 0) is 6.07 Å². The number of nitrogens with zero attached hydrogens (tertiary/aromatic N) is 1. The van der Waals surface area contributed by atoms with E-state index in [-0.39, 0.29) is 12.5 Å². The molecule has 1 unspecified atom stereocenters. The van der Waals surface area contributed by atoms with Crippen LogP contribution >= 0.6 is 0 Å². The Hall–Kier alpha value is -1.39. The van der Waals surface area contributed by atoms with Crippen LogP contribution in [0.5, 0.6) is 0 Å². The number of alkyl halides is 2. The van der Waals surface area contributed by atoms with Crippen molar-refractivity contribution in [3.63, 3.8) is 0 Å². The predicted octanol–water partition coefficient (Wildman–Crippen LogP) is 1.94. The summed E-state index contributed by atoms with van der Waals surface area (Å²) in [7, 11) is 0. The third kappa shape index (κ3) is 1.92. The standard InChI is InChI=1S/C9H11F2N3/c10-9(11)3-6-4-13-7-1-2-12-5-8(7)14-6/h1-2,5-6,9,13-14H,3-4H2. The van der Waals surface area contributed by atoms with Gasteiger partial charge in [-0.3, -0.25) is 4.98 Å². The Morgan fingerprint density at radius 3 is 3.14 bits per heavy atom. The lowest BCUT2D eigenvalue weighted by atomic mass is 10.1. The molecule has 76 valence electrons. The minimum Gasteiger partial charge on any atom is -0.381 e. The Morgan fingerprint density at radius 1 is 1.50 bits per heavy atom. The zero-order chi connectivity index (χ0) is 9.97. The summed E-state index contributed by atoms with van der Waals surface area (Å²) in [5, 5.41) is 6.11. The van der Waals surface area contributed by atoms with E-state index in [1.165, 1.54) is 0 Å². The van der Waals surface area contributed by atoms with Crippen LogP contribution in [0.1, 0.15) is 6.42 Å². The van der Waals surface area contributed by atoms with Crippen molar-refractivity contribution in [3.8, 4) is 0 Å². The second kappa shape index (κ2) is 3.77. The molecule has 2 N–H and O–H groups in total. The molecule has 1 atom stereocenters. The minimum absolute atomic E-state index is 0.138. The van der Waals surface area contributed by atoms with Gasteiger partial charge in [-0.25, -0.2) is 8.78 Å². The lowest BCUT2D eigenvalue weighted by Crippen LogP contribution is -2.34. The van der Waals surface area contributed by atoms with E-state index in [1.54, 1.807) is 12.4 Å². The molecule has 2 heterocycles. The minimum atomic E-state index is -2.27. The second-order valence-corrected chi connectivity index (χ2v) is 3.27. The summed E-state index contributed by atoms with van der Waals surface area (Å²) in [5.41, 5.74) is 1.72. The Labute approximate surface area is 80.5 Å². The van der Waals surface area contributed by atoms with Crippen LogP contribution in [-0.4, -0.2) is 24.0 Å². The van der Waals surface area contributed by atoms with Gasteiger partial charge in [0.1, 0.15) is 0 Å². The molecule has 0 spiro atoms. The van der Waals surface area contributed by atoms with Crippen molar-refractivity contribution in [2.45, 2.75) is 18.9 Å². The Morgan fingerprint density at radius 2 is 2.36 bits per heavy atom. The van der Waals surface area contributed by atoms with Gasteiger partial charge in [-0.15, -0.1) is 0 Å². The van der Waals surface area contributed by atoms with Gasteiger partial charge in [0.05, 0.1) is 17.6 Å².